The number of hydrogen-bond acceptors (Lipinski definition) is 3. The first-order valence-electron chi connectivity index (χ1n) is 6.28. The van der Waals surface area contributed by atoms with Crippen LogP contribution in [-0.2, 0) is 0 Å². The summed E-state index contributed by atoms with van der Waals surface area (Å²) >= 11 is 1.80. The van der Waals surface area contributed by atoms with Crippen molar-refractivity contribution in [2.75, 3.05) is 0 Å². The summed E-state index contributed by atoms with van der Waals surface area (Å²) in [6, 6.07) is 4.99. The highest BCUT2D eigenvalue weighted by Gasteiger charge is 2.25. The Labute approximate surface area is 102 Å². The zero-order valence-corrected chi connectivity index (χ0v) is 10.7. The van der Waals surface area contributed by atoms with Gasteiger partial charge in [0.2, 0.25) is 0 Å². The van der Waals surface area contributed by atoms with E-state index in [2.05, 4.69) is 29.8 Å². The van der Waals surface area contributed by atoms with E-state index in [1.54, 1.807) is 11.3 Å². The van der Waals surface area contributed by atoms with Gasteiger partial charge in [-0.2, -0.15) is 0 Å². The van der Waals surface area contributed by atoms with E-state index in [4.69, 9.17) is 0 Å². The zero-order chi connectivity index (χ0) is 11.4. The third-order valence-electron chi connectivity index (χ3n) is 3.44. The van der Waals surface area contributed by atoms with Gasteiger partial charge >= 0.3 is 0 Å². The van der Waals surface area contributed by atoms with Gasteiger partial charge in [0.05, 0.1) is 6.10 Å². The van der Waals surface area contributed by atoms with Crippen molar-refractivity contribution in [2.24, 2.45) is 0 Å². The van der Waals surface area contributed by atoms with Crippen molar-refractivity contribution in [1.82, 2.24) is 5.32 Å². The Bertz CT molecular complexity index is 299. The Hall–Kier alpha value is -0.380. The molecule has 1 aliphatic carbocycles. The molecule has 1 fully saturated rings. The van der Waals surface area contributed by atoms with E-state index >= 15 is 0 Å². The van der Waals surface area contributed by atoms with Crippen LogP contribution in [0, 0.1) is 0 Å². The van der Waals surface area contributed by atoms with Crippen molar-refractivity contribution in [2.45, 2.75) is 57.2 Å². The smallest absolute Gasteiger partial charge is 0.0693 e. The number of nitrogens with one attached hydrogen (secondary N) is 1. The molecule has 2 rings (SSSR count). The fourth-order valence-electron chi connectivity index (χ4n) is 2.45. The molecule has 0 aliphatic heterocycles. The van der Waals surface area contributed by atoms with Gasteiger partial charge in [-0.25, -0.2) is 0 Å². The predicted octanol–water partition coefficient (Wildman–Crippen LogP) is 3.09. The van der Waals surface area contributed by atoms with Crippen LogP contribution >= 0.6 is 11.3 Å². The average Bonchev–Trinajstić information content (AvgIpc) is 2.81. The van der Waals surface area contributed by atoms with E-state index in [1.165, 1.54) is 17.7 Å². The molecule has 2 N–H and O–H groups in total. The van der Waals surface area contributed by atoms with E-state index in [0.717, 1.165) is 19.3 Å². The molecule has 90 valence electrons. The van der Waals surface area contributed by atoms with Crippen LogP contribution in [0.25, 0.3) is 0 Å². The highest BCUT2D eigenvalue weighted by Crippen LogP contribution is 2.26. The molecule has 1 aliphatic rings. The standard InChI is InChI=1S/C13H21NOS/c1-2-10(13-8-5-9-16-13)14-11-6-3-4-7-12(11)15/h5,8-12,14-15H,2-4,6-7H2,1H3/t10?,11-,12-/m1/s1. The van der Waals surface area contributed by atoms with E-state index < -0.39 is 0 Å². The lowest BCUT2D eigenvalue weighted by Crippen LogP contribution is -2.43. The lowest BCUT2D eigenvalue weighted by molar-refractivity contribution is 0.0847. The van der Waals surface area contributed by atoms with Gasteiger partial charge in [-0.3, -0.25) is 0 Å². The van der Waals surface area contributed by atoms with Gasteiger partial charge in [0.25, 0.3) is 0 Å². The van der Waals surface area contributed by atoms with Crippen LogP contribution in [0.4, 0.5) is 0 Å². The van der Waals surface area contributed by atoms with E-state index in [-0.39, 0.29) is 6.10 Å². The quantitative estimate of drug-likeness (QED) is 0.846. The van der Waals surface area contributed by atoms with Crippen molar-refractivity contribution in [3.8, 4) is 0 Å². The molecular weight excluding hydrogens is 218 g/mol. The molecule has 3 heteroatoms. The maximum Gasteiger partial charge on any atom is 0.0693 e. The second-order valence-electron chi connectivity index (χ2n) is 4.60. The Morgan fingerprint density at radius 2 is 2.31 bits per heavy atom. The molecule has 0 spiro atoms. The molecule has 1 aromatic heterocycles. The minimum Gasteiger partial charge on any atom is -0.392 e. The van der Waals surface area contributed by atoms with E-state index in [9.17, 15) is 5.11 Å². The van der Waals surface area contributed by atoms with Crippen LogP contribution < -0.4 is 5.32 Å². The van der Waals surface area contributed by atoms with Crippen LogP contribution in [-0.4, -0.2) is 17.3 Å². The molecule has 0 saturated heterocycles. The summed E-state index contributed by atoms with van der Waals surface area (Å²) in [4.78, 5) is 1.39. The van der Waals surface area contributed by atoms with Crippen molar-refractivity contribution < 1.29 is 5.11 Å². The van der Waals surface area contributed by atoms with Gasteiger partial charge in [0, 0.05) is 17.0 Å². The first-order chi connectivity index (χ1) is 7.81. The van der Waals surface area contributed by atoms with Crippen molar-refractivity contribution in [1.29, 1.82) is 0 Å². The van der Waals surface area contributed by atoms with Gasteiger partial charge in [0.1, 0.15) is 0 Å². The minimum atomic E-state index is -0.150. The number of thiophene rings is 1. The van der Waals surface area contributed by atoms with E-state index in [1.807, 2.05) is 0 Å². The SMILES string of the molecule is CCC(N[C@@H]1CCCC[C@H]1O)c1cccs1. The average molecular weight is 239 g/mol. The molecule has 2 nitrogen and oxygen atoms in total. The first-order valence-corrected chi connectivity index (χ1v) is 7.16. The Balaban J connectivity index is 1.95. The summed E-state index contributed by atoms with van der Waals surface area (Å²) in [5.74, 6) is 0. The number of aliphatic hydroxyl groups is 1. The molecule has 0 radical (unpaired) electrons. The minimum absolute atomic E-state index is 0.150. The Morgan fingerprint density at radius 1 is 1.50 bits per heavy atom. The second kappa shape index (κ2) is 5.80. The molecule has 0 amide bonds. The van der Waals surface area contributed by atoms with Crippen molar-refractivity contribution >= 4 is 11.3 Å². The summed E-state index contributed by atoms with van der Waals surface area (Å²) in [6.07, 6.45) is 5.43. The number of hydrogen-bond donors (Lipinski definition) is 2. The summed E-state index contributed by atoms with van der Waals surface area (Å²) in [5, 5.41) is 15.7. The topological polar surface area (TPSA) is 32.3 Å². The Morgan fingerprint density at radius 3 is 2.94 bits per heavy atom. The zero-order valence-electron chi connectivity index (χ0n) is 9.86. The first kappa shape index (κ1) is 12.1. The molecule has 1 aromatic rings. The second-order valence-corrected chi connectivity index (χ2v) is 5.58. The van der Waals surface area contributed by atoms with Crippen LogP contribution in [0.1, 0.15) is 49.9 Å². The van der Waals surface area contributed by atoms with Crippen molar-refractivity contribution in [3.63, 3.8) is 0 Å². The van der Waals surface area contributed by atoms with Crippen LogP contribution in [0.3, 0.4) is 0 Å². The maximum absolute atomic E-state index is 9.95. The van der Waals surface area contributed by atoms with E-state index in [0.29, 0.717) is 12.1 Å². The van der Waals surface area contributed by atoms with Crippen LogP contribution in [0.2, 0.25) is 0 Å². The fourth-order valence-corrected chi connectivity index (χ4v) is 3.33. The molecule has 0 aromatic carbocycles. The molecule has 16 heavy (non-hydrogen) atoms. The molecular formula is C13H21NOS. The largest absolute Gasteiger partial charge is 0.392 e. The molecule has 1 heterocycles. The lowest BCUT2D eigenvalue weighted by atomic mass is 9.91. The van der Waals surface area contributed by atoms with Crippen LogP contribution in [0.15, 0.2) is 17.5 Å². The third kappa shape index (κ3) is 2.84. The monoisotopic (exact) mass is 239 g/mol. The Kier molecular flexibility index (Phi) is 4.38. The lowest BCUT2D eigenvalue weighted by Gasteiger charge is -2.31. The number of rotatable bonds is 4. The molecule has 3 atom stereocenters. The molecule has 1 unspecified atom stereocenters. The van der Waals surface area contributed by atoms with Crippen molar-refractivity contribution in [3.05, 3.63) is 22.4 Å². The summed E-state index contributed by atoms with van der Waals surface area (Å²) < 4.78 is 0. The summed E-state index contributed by atoms with van der Waals surface area (Å²) in [7, 11) is 0. The highest BCUT2D eigenvalue weighted by atomic mass is 32.1. The molecule has 0 bridgehead atoms. The van der Waals surface area contributed by atoms with Crippen LogP contribution in [0.5, 0.6) is 0 Å². The van der Waals surface area contributed by atoms with Gasteiger partial charge in [-0.1, -0.05) is 25.8 Å². The summed E-state index contributed by atoms with van der Waals surface area (Å²) in [5.41, 5.74) is 0. The van der Waals surface area contributed by atoms with Gasteiger partial charge in [0.15, 0.2) is 0 Å². The molecule has 1 saturated carbocycles. The highest BCUT2D eigenvalue weighted by molar-refractivity contribution is 7.10. The number of aliphatic hydroxyl groups excluding tert-OH is 1. The summed E-state index contributed by atoms with van der Waals surface area (Å²) in [6.45, 7) is 2.20. The fraction of sp³-hybridized carbons (Fsp3) is 0.692. The van der Waals surface area contributed by atoms with Gasteiger partial charge < -0.3 is 10.4 Å². The normalized spacial score (nSPS) is 27.9. The maximum atomic E-state index is 9.95. The van der Waals surface area contributed by atoms with Gasteiger partial charge in [-0.15, -0.1) is 11.3 Å². The predicted molar refractivity (Wildman–Crippen MR) is 68.7 cm³/mol. The third-order valence-corrected chi connectivity index (χ3v) is 4.43. The van der Waals surface area contributed by atoms with Gasteiger partial charge in [-0.05, 0) is 30.7 Å².